The van der Waals surface area contributed by atoms with Crippen LogP contribution in [-0.4, -0.2) is 9.55 Å². The number of nitrogens with two attached hydrogens (primary N) is 1. The summed E-state index contributed by atoms with van der Waals surface area (Å²) in [5, 5.41) is 0.702. The Morgan fingerprint density at radius 1 is 1.08 bits per heavy atom. The zero-order chi connectivity index (χ0) is 17.4. The van der Waals surface area contributed by atoms with Crippen LogP contribution in [0, 0.1) is 0 Å². The zero-order valence-electron chi connectivity index (χ0n) is 13.1. The number of hydrogen-bond donors (Lipinski definition) is 1. The first-order valence-electron chi connectivity index (χ1n) is 7.69. The summed E-state index contributed by atoms with van der Waals surface area (Å²) in [4.78, 5) is 17.2. The molecule has 0 spiro atoms. The van der Waals surface area contributed by atoms with Gasteiger partial charge in [-0.1, -0.05) is 35.9 Å². The Morgan fingerprint density at radius 2 is 1.80 bits per heavy atom. The van der Waals surface area contributed by atoms with Gasteiger partial charge >= 0.3 is 0 Å². The summed E-state index contributed by atoms with van der Waals surface area (Å²) in [5.74, 6) is 0. The van der Waals surface area contributed by atoms with Crippen LogP contribution in [0.25, 0.3) is 20.7 Å². The highest BCUT2D eigenvalue weighted by Crippen LogP contribution is 2.32. The topological polar surface area (TPSA) is 60.9 Å². The summed E-state index contributed by atoms with van der Waals surface area (Å²) >= 11 is 7.40. The first-order chi connectivity index (χ1) is 12.1. The largest absolute Gasteiger partial charge is 0.399 e. The van der Waals surface area contributed by atoms with Crippen LogP contribution in [0.2, 0.25) is 5.02 Å². The Hall–Kier alpha value is -2.63. The second kappa shape index (κ2) is 6.35. The van der Waals surface area contributed by atoms with Crippen LogP contribution in [0.1, 0.15) is 5.56 Å². The van der Waals surface area contributed by atoms with Gasteiger partial charge in [-0.3, -0.25) is 4.79 Å². The highest BCUT2D eigenvalue weighted by atomic mass is 35.5. The van der Waals surface area contributed by atoms with Gasteiger partial charge in [-0.25, -0.2) is 0 Å². The van der Waals surface area contributed by atoms with E-state index < -0.39 is 0 Å². The molecule has 0 aliphatic rings. The fourth-order valence-electron chi connectivity index (χ4n) is 2.69. The molecular weight excluding hydrogens is 354 g/mol. The number of hydrogen-bond acceptors (Lipinski definition) is 4. The predicted molar refractivity (Wildman–Crippen MR) is 104 cm³/mol. The van der Waals surface area contributed by atoms with Crippen LogP contribution in [-0.2, 0) is 6.54 Å². The Kier molecular flexibility index (Phi) is 4.03. The molecule has 4 rings (SSSR count). The van der Waals surface area contributed by atoms with Gasteiger partial charge in [0.1, 0.15) is 4.70 Å². The Bertz CT molecular complexity index is 1100. The minimum Gasteiger partial charge on any atom is -0.399 e. The van der Waals surface area contributed by atoms with Crippen molar-refractivity contribution in [2.45, 2.75) is 6.54 Å². The molecule has 0 unspecified atom stereocenters. The smallest absolute Gasteiger partial charge is 0.290 e. The quantitative estimate of drug-likeness (QED) is 0.545. The average molecular weight is 368 g/mol. The summed E-state index contributed by atoms with van der Waals surface area (Å²) < 4.78 is 2.64. The molecule has 4 aromatic rings. The number of anilines is 1. The standard InChI is InChI=1S/C19H14ClN3OS/c20-14-5-1-12(2-6-14)10-23-11-22-19(24)18-16(23)9-17(25-18)13-3-7-15(21)8-4-13/h1-9,11H,10,21H2. The van der Waals surface area contributed by atoms with Crippen LogP contribution in [0.15, 0.2) is 65.7 Å². The van der Waals surface area contributed by atoms with Crippen molar-refractivity contribution in [1.82, 2.24) is 9.55 Å². The summed E-state index contributed by atoms with van der Waals surface area (Å²) in [6.07, 6.45) is 1.60. The molecule has 25 heavy (non-hydrogen) atoms. The van der Waals surface area contributed by atoms with Gasteiger partial charge < -0.3 is 10.3 Å². The van der Waals surface area contributed by atoms with E-state index in [0.717, 1.165) is 21.5 Å². The van der Waals surface area contributed by atoms with E-state index in [9.17, 15) is 4.79 Å². The van der Waals surface area contributed by atoms with Crippen LogP contribution in [0.3, 0.4) is 0 Å². The van der Waals surface area contributed by atoms with Gasteiger partial charge in [0, 0.05) is 22.1 Å². The normalized spacial score (nSPS) is 11.1. The molecule has 0 aliphatic carbocycles. The van der Waals surface area contributed by atoms with E-state index in [0.29, 0.717) is 22.0 Å². The summed E-state index contributed by atoms with van der Waals surface area (Å²) in [5.41, 5.74) is 9.28. The summed E-state index contributed by atoms with van der Waals surface area (Å²) in [7, 11) is 0. The van der Waals surface area contributed by atoms with Crippen LogP contribution >= 0.6 is 22.9 Å². The maximum atomic E-state index is 12.2. The number of nitrogen functional groups attached to an aromatic ring is 1. The third-order valence-corrected chi connectivity index (χ3v) is 5.41. The summed E-state index contributed by atoms with van der Waals surface area (Å²) in [6.45, 7) is 0.624. The van der Waals surface area contributed by atoms with Crippen LogP contribution in [0.4, 0.5) is 5.69 Å². The lowest BCUT2D eigenvalue weighted by molar-refractivity contribution is 0.800. The van der Waals surface area contributed by atoms with E-state index in [1.165, 1.54) is 11.3 Å². The Balaban J connectivity index is 1.80. The number of thiophene rings is 1. The van der Waals surface area contributed by atoms with Gasteiger partial charge in [-0.05, 0) is 41.5 Å². The molecule has 124 valence electrons. The number of fused-ring (bicyclic) bond motifs is 1. The van der Waals surface area contributed by atoms with Gasteiger partial charge in [0.15, 0.2) is 0 Å². The van der Waals surface area contributed by atoms with Gasteiger partial charge in [0.25, 0.3) is 5.56 Å². The molecule has 0 fully saturated rings. The van der Waals surface area contributed by atoms with Crippen molar-refractivity contribution < 1.29 is 0 Å². The number of nitrogens with zero attached hydrogens (tertiary/aromatic N) is 2. The lowest BCUT2D eigenvalue weighted by atomic mass is 10.1. The van der Waals surface area contributed by atoms with Crippen molar-refractivity contribution >= 4 is 38.8 Å². The molecule has 0 aliphatic heterocycles. The Morgan fingerprint density at radius 3 is 2.52 bits per heavy atom. The van der Waals surface area contributed by atoms with Gasteiger partial charge in [-0.2, -0.15) is 4.98 Å². The molecule has 2 aromatic heterocycles. The van der Waals surface area contributed by atoms with Crippen molar-refractivity contribution in [2.24, 2.45) is 0 Å². The van der Waals surface area contributed by atoms with E-state index in [-0.39, 0.29) is 5.56 Å². The molecule has 0 bridgehead atoms. The van der Waals surface area contributed by atoms with Crippen molar-refractivity contribution in [1.29, 1.82) is 0 Å². The van der Waals surface area contributed by atoms with Crippen molar-refractivity contribution in [3.63, 3.8) is 0 Å². The van der Waals surface area contributed by atoms with E-state index in [1.54, 1.807) is 6.33 Å². The maximum absolute atomic E-state index is 12.2. The van der Waals surface area contributed by atoms with Crippen molar-refractivity contribution in [3.05, 3.63) is 81.9 Å². The van der Waals surface area contributed by atoms with E-state index in [2.05, 4.69) is 4.98 Å². The van der Waals surface area contributed by atoms with Gasteiger partial charge in [-0.15, -0.1) is 11.3 Å². The van der Waals surface area contributed by atoms with E-state index in [4.69, 9.17) is 17.3 Å². The number of aromatic nitrogens is 2. The second-order valence-electron chi connectivity index (χ2n) is 5.75. The molecule has 0 atom stereocenters. The lowest BCUT2D eigenvalue weighted by Gasteiger charge is -2.07. The first kappa shape index (κ1) is 15.9. The highest BCUT2D eigenvalue weighted by Gasteiger charge is 2.11. The molecule has 2 heterocycles. The minimum atomic E-state index is -0.200. The van der Waals surface area contributed by atoms with Crippen molar-refractivity contribution in [2.75, 3.05) is 5.73 Å². The molecular formula is C19H14ClN3OS. The van der Waals surface area contributed by atoms with Gasteiger partial charge in [0.2, 0.25) is 0 Å². The lowest BCUT2D eigenvalue weighted by Crippen LogP contribution is -2.11. The fraction of sp³-hybridized carbons (Fsp3) is 0.0526. The monoisotopic (exact) mass is 367 g/mol. The second-order valence-corrected chi connectivity index (χ2v) is 7.24. The Labute approximate surface area is 153 Å². The molecule has 0 saturated carbocycles. The molecule has 2 aromatic carbocycles. The number of rotatable bonds is 3. The van der Waals surface area contributed by atoms with E-state index in [1.807, 2.05) is 59.2 Å². The predicted octanol–water partition coefficient (Wildman–Crippen LogP) is 4.41. The van der Waals surface area contributed by atoms with Gasteiger partial charge in [0.05, 0.1) is 11.8 Å². The third-order valence-electron chi connectivity index (χ3n) is 3.99. The molecule has 0 amide bonds. The molecule has 6 heteroatoms. The zero-order valence-corrected chi connectivity index (χ0v) is 14.7. The third kappa shape index (κ3) is 3.16. The first-order valence-corrected chi connectivity index (χ1v) is 8.89. The maximum Gasteiger partial charge on any atom is 0.290 e. The molecule has 0 saturated heterocycles. The van der Waals surface area contributed by atoms with Crippen LogP contribution in [0.5, 0.6) is 0 Å². The van der Waals surface area contributed by atoms with E-state index >= 15 is 0 Å². The molecule has 0 radical (unpaired) electrons. The molecule has 4 nitrogen and oxygen atoms in total. The SMILES string of the molecule is Nc1ccc(-c2cc3c(s2)c(=O)ncn3Cc2ccc(Cl)cc2)cc1. The highest BCUT2D eigenvalue weighted by molar-refractivity contribution is 7.22. The van der Waals surface area contributed by atoms with Crippen LogP contribution < -0.4 is 11.3 Å². The fourth-order valence-corrected chi connectivity index (χ4v) is 3.88. The number of halogens is 1. The molecule has 2 N–H and O–H groups in total. The van der Waals surface area contributed by atoms with Crippen molar-refractivity contribution in [3.8, 4) is 10.4 Å². The number of benzene rings is 2. The summed E-state index contributed by atoms with van der Waals surface area (Å²) in [6, 6.07) is 17.3. The minimum absolute atomic E-state index is 0.200. The average Bonchev–Trinajstić information content (AvgIpc) is 3.06.